The smallest absolute Gasteiger partial charge is 0.243 e. The zero-order valence-electron chi connectivity index (χ0n) is 17.7. The highest BCUT2D eigenvalue weighted by atomic mass is 19.1. The minimum atomic E-state index is -0.558. The number of nitrogens with one attached hydrogen (secondary N) is 1. The Morgan fingerprint density at radius 2 is 1.72 bits per heavy atom. The molecule has 0 aliphatic rings. The van der Waals surface area contributed by atoms with E-state index >= 15 is 0 Å². The van der Waals surface area contributed by atoms with Crippen LogP contribution in [0.15, 0.2) is 48.5 Å². The van der Waals surface area contributed by atoms with E-state index in [0.29, 0.717) is 13.0 Å². The maximum absolute atomic E-state index is 13.2. The third kappa shape index (κ3) is 6.70. The van der Waals surface area contributed by atoms with Crippen LogP contribution in [-0.2, 0) is 22.6 Å². The van der Waals surface area contributed by atoms with Crippen molar-refractivity contribution in [3.05, 3.63) is 71.0 Å². The van der Waals surface area contributed by atoms with Crippen LogP contribution in [0.3, 0.4) is 0 Å². The number of carbonyl (C=O) groups excluding carboxylic acids is 2. The fourth-order valence-electron chi connectivity index (χ4n) is 3.25. The third-order valence-electron chi connectivity index (χ3n) is 5.09. The van der Waals surface area contributed by atoms with Crippen LogP contribution in [-0.4, -0.2) is 28.8 Å². The molecular weight excluding hydrogens is 367 g/mol. The largest absolute Gasteiger partial charge is 0.352 e. The average Bonchev–Trinajstić information content (AvgIpc) is 2.69. The first-order valence-electron chi connectivity index (χ1n) is 10.2. The molecule has 2 aromatic carbocycles. The lowest BCUT2D eigenvalue weighted by Crippen LogP contribution is -2.51. The summed E-state index contributed by atoms with van der Waals surface area (Å²) in [7, 11) is 0. The zero-order valence-corrected chi connectivity index (χ0v) is 17.7. The topological polar surface area (TPSA) is 49.4 Å². The first-order chi connectivity index (χ1) is 13.8. The summed E-state index contributed by atoms with van der Waals surface area (Å²) in [6.07, 6.45) is 1.46. The van der Waals surface area contributed by atoms with E-state index in [1.54, 1.807) is 17.0 Å². The molecule has 5 heteroatoms. The molecule has 2 rings (SSSR count). The van der Waals surface area contributed by atoms with E-state index in [-0.39, 0.29) is 30.1 Å². The van der Waals surface area contributed by atoms with E-state index in [9.17, 15) is 14.0 Å². The van der Waals surface area contributed by atoms with Crippen LogP contribution in [0.4, 0.5) is 4.39 Å². The van der Waals surface area contributed by atoms with E-state index in [4.69, 9.17) is 0 Å². The quantitative estimate of drug-likeness (QED) is 0.681. The Morgan fingerprint density at radius 1 is 1.03 bits per heavy atom. The lowest BCUT2D eigenvalue weighted by atomic mass is 10.1. The number of aryl methyl sites for hydroxylation is 1. The number of nitrogens with zero attached hydrogens (tertiary/aromatic N) is 1. The van der Waals surface area contributed by atoms with Crippen molar-refractivity contribution in [2.24, 2.45) is 0 Å². The molecule has 0 fully saturated rings. The summed E-state index contributed by atoms with van der Waals surface area (Å²) in [5.41, 5.74) is 2.81. The minimum absolute atomic E-state index is 0.0459. The van der Waals surface area contributed by atoms with Gasteiger partial charge in [-0.15, -0.1) is 0 Å². The monoisotopic (exact) mass is 398 g/mol. The van der Waals surface area contributed by atoms with Crippen LogP contribution >= 0.6 is 0 Å². The second-order valence-electron chi connectivity index (χ2n) is 7.56. The lowest BCUT2D eigenvalue weighted by Gasteiger charge is -2.31. The molecule has 156 valence electrons. The molecule has 0 radical (unpaired) electrons. The second kappa shape index (κ2) is 10.7. The van der Waals surface area contributed by atoms with Crippen molar-refractivity contribution in [3.63, 3.8) is 0 Å². The van der Waals surface area contributed by atoms with Gasteiger partial charge in [0.2, 0.25) is 11.8 Å². The molecule has 4 nitrogen and oxygen atoms in total. The van der Waals surface area contributed by atoms with Gasteiger partial charge in [0.15, 0.2) is 0 Å². The predicted octanol–water partition coefficient (Wildman–Crippen LogP) is 4.40. The molecule has 0 aliphatic carbocycles. The molecule has 0 saturated heterocycles. The first kappa shape index (κ1) is 22.6. The van der Waals surface area contributed by atoms with E-state index < -0.39 is 6.04 Å². The van der Waals surface area contributed by atoms with Gasteiger partial charge in [-0.2, -0.15) is 0 Å². The highest BCUT2D eigenvalue weighted by Crippen LogP contribution is 2.16. The number of halogens is 1. The van der Waals surface area contributed by atoms with Crippen molar-refractivity contribution in [2.45, 2.75) is 65.6 Å². The summed E-state index contributed by atoms with van der Waals surface area (Å²) in [6.45, 7) is 8.23. The Morgan fingerprint density at radius 3 is 2.31 bits per heavy atom. The number of hydrogen-bond acceptors (Lipinski definition) is 2. The number of benzene rings is 2. The van der Waals surface area contributed by atoms with Gasteiger partial charge in [0.25, 0.3) is 0 Å². The molecular formula is C24H31FN2O2. The molecule has 0 heterocycles. The number of amides is 2. The maximum atomic E-state index is 13.2. The van der Waals surface area contributed by atoms with Crippen LogP contribution in [0, 0.1) is 12.7 Å². The molecule has 2 amide bonds. The SMILES string of the molecule is CCC(C)NC(=O)C(CC)N(Cc1cccc(C)c1)C(=O)Cc1ccc(F)cc1. The molecule has 0 bridgehead atoms. The lowest BCUT2D eigenvalue weighted by molar-refractivity contribution is -0.141. The average molecular weight is 399 g/mol. The maximum Gasteiger partial charge on any atom is 0.243 e. The molecule has 29 heavy (non-hydrogen) atoms. The molecule has 0 aromatic heterocycles. The van der Waals surface area contributed by atoms with Crippen molar-refractivity contribution in [1.29, 1.82) is 0 Å². The Balaban J connectivity index is 2.28. The van der Waals surface area contributed by atoms with Gasteiger partial charge in [-0.25, -0.2) is 4.39 Å². The fraction of sp³-hybridized carbons (Fsp3) is 0.417. The van der Waals surface area contributed by atoms with Crippen LogP contribution in [0.25, 0.3) is 0 Å². The second-order valence-corrected chi connectivity index (χ2v) is 7.56. The van der Waals surface area contributed by atoms with Gasteiger partial charge in [-0.1, -0.05) is 55.8 Å². The highest BCUT2D eigenvalue weighted by molar-refractivity contribution is 5.88. The summed E-state index contributed by atoms with van der Waals surface area (Å²) in [6, 6.07) is 13.3. The van der Waals surface area contributed by atoms with Crippen LogP contribution in [0.1, 0.15) is 50.3 Å². The standard InChI is InChI=1S/C24H31FN2O2/c1-5-18(4)26-24(29)22(6-2)27(16-20-9-7-8-17(3)14-20)23(28)15-19-10-12-21(25)13-11-19/h7-14,18,22H,5-6,15-16H2,1-4H3,(H,26,29). The number of rotatable bonds is 9. The van der Waals surface area contributed by atoms with E-state index in [1.165, 1.54) is 12.1 Å². The predicted molar refractivity (Wildman–Crippen MR) is 114 cm³/mol. The van der Waals surface area contributed by atoms with Gasteiger partial charge in [0, 0.05) is 12.6 Å². The summed E-state index contributed by atoms with van der Waals surface area (Å²) in [5.74, 6) is -0.622. The molecule has 0 saturated carbocycles. The van der Waals surface area contributed by atoms with Gasteiger partial charge in [-0.3, -0.25) is 9.59 Å². The van der Waals surface area contributed by atoms with Gasteiger partial charge in [-0.05, 0) is 49.9 Å². The van der Waals surface area contributed by atoms with Crippen molar-refractivity contribution in [3.8, 4) is 0 Å². The zero-order chi connectivity index (χ0) is 21.4. The van der Waals surface area contributed by atoms with Crippen molar-refractivity contribution in [1.82, 2.24) is 10.2 Å². The molecule has 2 unspecified atom stereocenters. The normalized spacial score (nSPS) is 12.9. The summed E-state index contributed by atoms with van der Waals surface area (Å²) in [5, 5.41) is 3.00. The minimum Gasteiger partial charge on any atom is -0.352 e. The Hall–Kier alpha value is -2.69. The van der Waals surface area contributed by atoms with Crippen molar-refractivity contribution >= 4 is 11.8 Å². The number of carbonyl (C=O) groups is 2. The molecule has 2 atom stereocenters. The van der Waals surface area contributed by atoms with E-state index in [2.05, 4.69) is 5.32 Å². The van der Waals surface area contributed by atoms with Crippen molar-refractivity contribution < 1.29 is 14.0 Å². The first-order valence-corrected chi connectivity index (χ1v) is 10.2. The van der Waals surface area contributed by atoms with E-state index in [1.807, 2.05) is 52.0 Å². The summed E-state index contributed by atoms with van der Waals surface area (Å²) >= 11 is 0. The van der Waals surface area contributed by atoms with Gasteiger partial charge < -0.3 is 10.2 Å². The van der Waals surface area contributed by atoms with Crippen LogP contribution in [0.5, 0.6) is 0 Å². The van der Waals surface area contributed by atoms with Gasteiger partial charge >= 0.3 is 0 Å². The molecule has 0 spiro atoms. The highest BCUT2D eigenvalue weighted by Gasteiger charge is 2.29. The number of hydrogen-bond donors (Lipinski definition) is 1. The van der Waals surface area contributed by atoms with Crippen molar-refractivity contribution in [2.75, 3.05) is 0 Å². The van der Waals surface area contributed by atoms with E-state index in [0.717, 1.165) is 23.1 Å². The Bertz CT molecular complexity index is 820. The third-order valence-corrected chi connectivity index (χ3v) is 5.09. The fourth-order valence-corrected chi connectivity index (χ4v) is 3.25. The Labute approximate surface area is 173 Å². The van der Waals surface area contributed by atoms with Crippen LogP contribution in [0.2, 0.25) is 0 Å². The summed E-state index contributed by atoms with van der Waals surface area (Å²) in [4.78, 5) is 27.7. The molecule has 2 aromatic rings. The molecule has 0 aliphatic heterocycles. The Kier molecular flexibility index (Phi) is 8.37. The summed E-state index contributed by atoms with van der Waals surface area (Å²) < 4.78 is 13.2. The van der Waals surface area contributed by atoms with Crippen LogP contribution < -0.4 is 5.32 Å². The van der Waals surface area contributed by atoms with Gasteiger partial charge in [0.1, 0.15) is 11.9 Å². The van der Waals surface area contributed by atoms with Gasteiger partial charge in [0.05, 0.1) is 6.42 Å². The molecule has 1 N–H and O–H groups in total.